The molecule has 2 heterocycles. The topological polar surface area (TPSA) is 21.3 Å². The summed E-state index contributed by atoms with van der Waals surface area (Å²) >= 11 is 2.03. The highest BCUT2D eigenvalue weighted by atomic mass is 32.2. The summed E-state index contributed by atoms with van der Waals surface area (Å²) in [5.41, 5.74) is 0. The van der Waals surface area contributed by atoms with Gasteiger partial charge in [-0.15, -0.1) is 11.8 Å². The van der Waals surface area contributed by atoms with E-state index in [9.17, 15) is 0 Å². The molecule has 0 saturated carbocycles. The molecule has 2 aliphatic rings. The number of thioether (sulfide) groups is 1. The molecule has 0 aromatic heterocycles. The van der Waals surface area contributed by atoms with Gasteiger partial charge in [-0.05, 0) is 31.1 Å². The molecule has 0 radical (unpaired) electrons. The molecular formula is C9H17NOS. The zero-order valence-electron chi connectivity index (χ0n) is 7.58. The Labute approximate surface area is 78.4 Å². The zero-order valence-corrected chi connectivity index (χ0v) is 8.40. The predicted octanol–water partition coefficient (Wildman–Crippen LogP) is 1.46. The van der Waals surface area contributed by atoms with Gasteiger partial charge in [-0.3, -0.25) is 0 Å². The first-order chi connectivity index (χ1) is 5.86. The second-order valence-corrected chi connectivity index (χ2v) is 4.99. The molecule has 0 spiro atoms. The fraction of sp³-hybridized carbons (Fsp3) is 1.00. The lowest BCUT2D eigenvalue weighted by molar-refractivity contribution is 0.0995. The van der Waals surface area contributed by atoms with E-state index < -0.39 is 0 Å². The molecule has 2 saturated heterocycles. The fourth-order valence-corrected chi connectivity index (χ4v) is 3.08. The zero-order chi connectivity index (χ0) is 8.39. The molecule has 3 unspecified atom stereocenters. The summed E-state index contributed by atoms with van der Waals surface area (Å²) in [5.74, 6) is 2.12. The van der Waals surface area contributed by atoms with Crippen LogP contribution in [0.1, 0.15) is 19.8 Å². The van der Waals surface area contributed by atoms with Crippen LogP contribution in [0.25, 0.3) is 0 Å². The highest BCUT2D eigenvalue weighted by Gasteiger charge is 2.28. The Morgan fingerprint density at radius 2 is 2.42 bits per heavy atom. The van der Waals surface area contributed by atoms with Gasteiger partial charge in [0.05, 0.1) is 11.5 Å². The van der Waals surface area contributed by atoms with Crippen LogP contribution in [0.4, 0.5) is 0 Å². The highest BCUT2D eigenvalue weighted by molar-refractivity contribution is 7.99. The number of hydrogen-bond acceptors (Lipinski definition) is 3. The van der Waals surface area contributed by atoms with Gasteiger partial charge in [-0.1, -0.05) is 6.92 Å². The lowest BCUT2D eigenvalue weighted by Crippen LogP contribution is -2.43. The minimum absolute atomic E-state index is 0.488. The molecule has 12 heavy (non-hydrogen) atoms. The summed E-state index contributed by atoms with van der Waals surface area (Å²) in [5, 5.41) is 4.12. The molecule has 70 valence electrons. The van der Waals surface area contributed by atoms with Gasteiger partial charge in [0.15, 0.2) is 0 Å². The first kappa shape index (κ1) is 8.85. The van der Waals surface area contributed by atoms with E-state index in [1.807, 2.05) is 11.8 Å². The Balaban J connectivity index is 1.80. The van der Waals surface area contributed by atoms with E-state index in [0.29, 0.717) is 11.5 Å². The largest absolute Gasteiger partial charge is 0.376 e. The minimum Gasteiger partial charge on any atom is -0.376 e. The van der Waals surface area contributed by atoms with Crippen molar-refractivity contribution >= 4 is 11.8 Å². The maximum Gasteiger partial charge on any atom is 0.0822 e. The monoisotopic (exact) mass is 187 g/mol. The van der Waals surface area contributed by atoms with E-state index >= 15 is 0 Å². The van der Waals surface area contributed by atoms with Crippen LogP contribution in [0.3, 0.4) is 0 Å². The third-order valence-electron chi connectivity index (χ3n) is 2.53. The van der Waals surface area contributed by atoms with E-state index in [0.717, 1.165) is 19.1 Å². The summed E-state index contributed by atoms with van der Waals surface area (Å²) in [6.45, 7) is 4.43. The third kappa shape index (κ3) is 1.95. The van der Waals surface area contributed by atoms with Crippen LogP contribution in [0.15, 0.2) is 0 Å². The Morgan fingerprint density at radius 3 is 3.00 bits per heavy atom. The summed E-state index contributed by atoms with van der Waals surface area (Å²) in [6, 6.07) is 0. The third-order valence-corrected chi connectivity index (χ3v) is 4.12. The van der Waals surface area contributed by atoms with Crippen LogP contribution >= 0.6 is 11.8 Å². The van der Waals surface area contributed by atoms with Crippen molar-refractivity contribution < 1.29 is 4.74 Å². The van der Waals surface area contributed by atoms with Crippen molar-refractivity contribution in [1.82, 2.24) is 5.32 Å². The first-order valence-electron chi connectivity index (χ1n) is 4.83. The number of nitrogens with one attached hydrogen (secondary N) is 1. The van der Waals surface area contributed by atoms with Crippen molar-refractivity contribution in [1.29, 1.82) is 0 Å². The van der Waals surface area contributed by atoms with Crippen molar-refractivity contribution in [3.63, 3.8) is 0 Å². The average molecular weight is 187 g/mol. The van der Waals surface area contributed by atoms with Crippen LogP contribution in [-0.2, 0) is 4.74 Å². The molecule has 3 heteroatoms. The van der Waals surface area contributed by atoms with E-state index in [1.165, 1.54) is 18.6 Å². The molecule has 0 bridgehead atoms. The van der Waals surface area contributed by atoms with E-state index in [2.05, 4.69) is 12.2 Å². The van der Waals surface area contributed by atoms with Gasteiger partial charge in [-0.25, -0.2) is 0 Å². The smallest absolute Gasteiger partial charge is 0.0822 e. The van der Waals surface area contributed by atoms with Gasteiger partial charge in [0.1, 0.15) is 0 Å². The van der Waals surface area contributed by atoms with Crippen LogP contribution in [0.5, 0.6) is 0 Å². The van der Waals surface area contributed by atoms with Crippen LogP contribution < -0.4 is 5.32 Å². The van der Waals surface area contributed by atoms with Crippen molar-refractivity contribution in [2.24, 2.45) is 5.92 Å². The Morgan fingerprint density at radius 1 is 1.50 bits per heavy atom. The van der Waals surface area contributed by atoms with Crippen molar-refractivity contribution in [2.45, 2.75) is 31.2 Å². The fourth-order valence-electron chi connectivity index (χ4n) is 1.78. The molecule has 0 amide bonds. The molecule has 3 atom stereocenters. The van der Waals surface area contributed by atoms with Crippen LogP contribution in [-0.4, -0.2) is 30.4 Å². The molecule has 2 fully saturated rings. The predicted molar refractivity (Wildman–Crippen MR) is 52.4 cm³/mol. The van der Waals surface area contributed by atoms with Crippen molar-refractivity contribution in [3.8, 4) is 0 Å². The van der Waals surface area contributed by atoms with Gasteiger partial charge in [0.25, 0.3) is 0 Å². The molecule has 0 aromatic carbocycles. The SMILES string of the molecule is CC1CNC(C2CCCO2)SC1. The Hall–Kier alpha value is 0.270. The summed E-state index contributed by atoms with van der Waals surface area (Å²) in [4.78, 5) is 0. The second-order valence-electron chi connectivity index (χ2n) is 3.82. The standard InChI is InChI=1S/C9H17NOS/c1-7-5-10-9(12-6-7)8-3-2-4-11-8/h7-10H,2-6H2,1H3. The molecule has 2 rings (SSSR count). The maximum absolute atomic E-state index is 5.64. The van der Waals surface area contributed by atoms with Gasteiger partial charge >= 0.3 is 0 Å². The van der Waals surface area contributed by atoms with Gasteiger partial charge in [0, 0.05) is 6.61 Å². The molecule has 0 aromatic rings. The number of ether oxygens (including phenoxy) is 1. The Kier molecular flexibility index (Phi) is 2.94. The van der Waals surface area contributed by atoms with Crippen LogP contribution in [0.2, 0.25) is 0 Å². The van der Waals surface area contributed by atoms with E-state index in [4.69, 9.17) is 4.74 Å². The lowest BCUT2D eigenvalue weighted by atomic mass is 10.2. The van der Waals surface area contributed by atoms with Crippen LogP contribution in [0, 0.1) is 5.92 Å². The molecule has 2 nitrogen and oxygen atoms in total. The highest BCUT2D eigenvalue weighted by Crippen LogP contribution is 2.27. The number of hydrogen-bond donors (Lipinski definition) is 1. The summed E-state index contributed by atoms with van der Waals surface area (Å²) < 4.78 is 5.64. The maximum atomic E-state index is 5.64. The Bertz CT molecular complexity index is 139. The molecular weight excluding hydrogens is 170 g/mol. The van der Waals surface area contributed by atoms with Gasteiger partial charge < -0.3 is 10.1 Å². The first-order valence-corrected chi connectivity index (χ1v) is 5.88. The van der Waals surface area contributed by atoms with E-state index in [1.54, 1.807) is 0 Å². The van der Waals surface area contributed by atoms with Crippen molar-refractivity contribution in [3.05, 3.63) is 0 Å². The van der Waals surface area contributed by atoms with E-state index in [-0.39, 0.29) is 0 Å². The second kappa shape index (κ2) is 3.99. The minimum atomic E-state index is 0.488. The lowest BCUT2D eigenvalue weighted by Gasteiger charge is -2.30. The van der Waals surface area contributed by atoms with Gasteiger partial charge in [-0.2, -0.15) is 0 Å². The summed E-state index contributed by atoms with van der Waals surface area (Å²) in [7, 11) is 0. The normalized spacial score (nSPS) is 43.2. The molecule has 0 aliphatic carbocycles. The van der Waals surface area contributed by atoms with Gasteiger partial charge in [0.2, 0.25) is 0 Å². The van der Waals surface area contributed by atoms with Crippen molar-refractivity contribution in [2.75, 3.05) is 18.9 Å². The quantitative estimate of drug-likeness (QED) is 0.671. The number of rotatable bonds is 1. The average Bonchev–Trinajstić information content (AvgIpc) is 2.58. The molecule has 1 N–H and O–H groups in total. The molecule has 2 aliphatic heterocycles. The summed E-state index contributed by atoms with van der Waals surface area (Å²) in [6.07, 6.45) is 2.99.